The van der Waals surface area contributed by atoms with Crippen LogP contribution in [0.2, 0.25) is 0 Å². The Bertz CT molecular complexity index is 1280. The number of rotatable bonds is 5. The van der Waals surface area contributed by atoms with E-state index in [0.29, 0.717) is 18.7 Å². The SMILES string of the molecule is O=C(O)c1ccc(Br)cc1CN1CCN(C(=O)OCC2c3ccccc3-c3ccccc32)CC1=O. The van der Waals surface area contributed by atoms with Crippen molar-refractivity contribution >= 4 is 33.9 Å². The second-order valence-corrected chi connectivity index (χ2v) is 9.56. The minimum absolute atomic E-state index is 0.0469. The molecule has 35 heavy (non-hydrogen) atoms. The molecule has 0 saturated carbocycles. The van der Waals surface area contributed by atoms with E-state index in [1.807, 2.05) is 24.3 Å². The average molecular weight is 535 g/mol. The van der Waals surface area contributed by atoms with Crippen molar-refractivity contribution in [2.45, 2.75) is 12.5 Å². The van der Waals surface area contributed by atoms with E-state index in [4.69, 9.17) is 4.74 Å². The highest BCUT2D eigenvalue weighted by molar-refractivity contribution is 9.10. The second kappa shape index (κ2) is 9.54. The molecule has 1 saturated heterocycles. The summed E-state index contributed by atoms with van der Waals surface area (Å²) in [6.45, 7) is 0.875. The van der Waals surface area contributed by atoms with Gasteiger partial charge in [0.2, 0.25) is 5.91 Å². The molecule has 0 atom stereocenters. The number of carbonyl (C=O) groups excluding carboxylic acids is 2. The Labute approximate surface area is 211 Å². The van der Waals surface area contributed by atoms with Crippen molar-refractivity contribution in [2.75, 3.05) is 26.2 Å². The van der Waals surface area contributed by atoms with Gasteiger partial charge in [-0.2, -0.15) is 0 Å². The van der Waals surface area contributed by atoms with Crippen molar-refractivity contribution in [2.24, 2.45) is 0 Å². The maximum absolute atomic E-state index is 12.8. The third kappa shape index (κ3) is 4.53. The first-order valence-corrected chi connectivity index (χ1v) is 12.1. The summed E-state index contributed by atoms with van der Waals surface area (Å²) in [4.78, 5) is 40.1. The first-order chi connectivity index (χ1) is 16.9. The maximum Gasteiger partial charge on any atom is 0.410 e. The zero-order valence-electron chi connectivity index (χ0n) is 18.8. The number of fused-ring (bicyclic) bond motifs is 3. The van der Waals surface area contributed by atoms with Crippen LogP contribution in [0.3, 0.4) is 0 Å². The molecular weight excluding hydrogens is 512 g/mol. The summed E-state index contributed by atoms with van der Waals surface area (Å²) < 4.78 is 6.42. The molecule has 0 unspecified atom stereocenters. The molecular formula is C27H23BrN2O5. The maximum atomic E-state index is 12.8. The molecule has 1 fully saturated rings. The van der Waals surface area contributed by atoms with Crippen molar-refractivity contribution < 1.29 is 24.2 Å². The van der Waals surface area contributed by atoms with E-state index in [9.17, 15) is 19.5 Å². The standard InChI is InChI=1S/C27H23BrN2O5/c28-18-9-10-19(26(32)33)17(13-18)14-29-11-12-30(15-25(29)31)27(34)35-16-24-22-7-3-1-5-20(22)21-6-2-4-8-23(21)24/h1-10,13,24H,11-12,14-16H2,(H,32,33). The van der Waals surface area contributed by atoms with Crippen LogP contribution in [0.25, 0.3) is 11.1 Å². The Hall–Kier alpha value is -3.65. The zero-order valence-corrected chi connectivity index (χ0v) is 20.4. The summed E-state index contributed by atoms with van der Waals surface area (Å²) in [6, 6.07) is 21.1. The number of hydrogen-bond acceptors (Lipinski definition) is 4. The highest BCUT2D eigenvalue weighted by atomic mass is 79.9. The van der Waals surface area contributed by atoms with E-state index in [-0.39, 0.29) is 37.1 Å². The number of amides is 2. The molecule has 0 spiro atoms. The molecule has 0 radical (unpaired) electrons. The number of ether oxygens (including phenoxy) is 1. The van der Waals surface area contributed by atoms with Crippen molar-refractivity contribution in [3.63, 3.8) is 0 Å². The number of carbonyl (C=O) groups is 3. The molecule has 1 aliphatic carbocycles. The zero-order chi connectivity index (χ0) is 24.5. The minimum Gasteiger partial charge on any atom is -0.478 e. The van der Waals surface area contributed by atoms with Crippen molar-refractivity contribution in [3.8, 4) is 11.1 Å². The van der Waals surface area contributed by atoms with Crippen molar-refractivity contribution in [1.82, 2.24) is 9.80 Å². The smallest absolute Gasteiger partial charge is 0.410 e. The lowest BCUT2D eigenvalue weighted by Gasteiger charge is -2.34. The fourth-order valence-electron chi connectivity index (χ4n) is 4.82. The minimum atomic E-state index is -1.04. The molecule has 1 aliphatic heterocycles. The number of carboxylic acids is 1. The summed E-state index contributed by atoms with van der Waals surface area (Å²) >= 11 is 3.35. The fourth-order valence-corrected chi connectivity index (χ4v) is 5.23. The van der Waals surface area contributed by atoms with Crippen LogP contribution in [-0.4, -0.2) is 59.1 Å². The molecule has 2 amide bonds. The predicted molar refractivity (Wildman–Crippen MR) is 133 cm³/mol. The first-order valence-electron chi connectivity index (χ1n) is 11.3. The molecule has 1 heterocycles. The van der Waals surface area contributed by atoms with Crippen LogP contribution in [-0.2, 0) is 16.1 Å². The molecule has 3 aromatic rings. The molecule has 2 aliphatic rings. The normalized spacial score (nSPS) is 15.1. The number of hydrogen-bond donors (Lipinski definition) is 1. The lowest BCUT2D eigenvalue weighted by molar-refractivity contribution is -0.136. The summed E-state index contributed by atoms with van der Waals surface area (Å²) in [6.07, 6.45) is -0.520. The first kappa shape index (κ1) is 23.1. The predicted octanol–water partition coefficient (Wildman–Crippen LogP) is 4.74. The van der Waals surface area contributed by atoms with Crippen LogP contribution in [0.15, 0.2) is 71.2 Å². The Morgan fingerprint density at radius 2 is 1.63 bits per heavy atom. The molecule has 7 nitrogen and oxygen atoms in total. The van der Waals surface area contributed by atoms with Crippen LogP contribution in [0.1, 0.15) is 33.0 Å². The molecule has 1 N–H and O–H groups in total. The van der Waals surface area contributed by atoms with Gasteiger partial charge in [-0.15, -0.1) is 0 Å². The molecule has 3 aromatic carbocycles. The van der Waals surface area contributed by atoms with Crippen molar-refractivity contribution in [3.05, 3.63) is 93.5 Å². The molecule has 0 aromatic heterocycles. The molecule has 5 rings (SSSR count). The monoisotopic (exact) mass is 534 g/mol. The van der Waals surface area contributed by atoms with Crippen LogP contribution in [0, 0.1) is 0 Å². The Morgan fingerprint density at radius 1 is 0.971 bits per heavy atom. The lowest BCUT2D eigenvalue weighted by atomic mass is 9.98. The lowest BCUT2D eigenvalue weighted by Crippen LogP contribution is -2.52. The molecule has 8 heteroatoms. The van der Waals surface area contributed by atoms with E-state index in [2.05, 4.69) is 40.2 Å². The third-order valence-electron chi connectivity index (χ3n) is 6.57. The van der Waals surface area contributed by atoms with Gasteiger partial charge in [0, 0.05) is 30.0 Å². The largest absolute Gasteiger partial charge is 0.478 e. The van der Waals surface area contributed by atoms with E-state index in [0.717, 1.165) is 26.7 Å². The Balaban J connectivity index is 1.22. The third-order valence-corrected chi connectivity index (χ3v) is 7.07. The summed E-state index contributed by atoms with van der Waals surface area (Å²) in [7, 11) is 0. The average Bonchev–Trinajstić information content (AvgIpc) is 3.17. The molecule has 178 valence electrons. The quantitative estimate of drug-likeness (QED) is 0.510. The van der Waals surface area contributed by atoms with E-state index in [1.54, 1.807) is 17.0 Å². The Morgan fingerprint density at radius 3 is 2.26 bits per heavy atom. The van der Waals surface area contributed by atoms with Crippen molar-refractivity contribution in [1.29, 1.82) is 0 Å². The van der Waals surface area contributed by atoms with Gasteiger partial charge in [0.15, 0.2) is 0 Å². The van der Waals surface area contributed by atoms with Crippen LogP contribution in [0.5, 0.6) is 0 Å². The van der Waals surface area contributed by atoms with E-state index < -0.39 is 12.1 Å². The van der Waals surface area contributed by atoms with E-state index in [1.165, 1.54) is 11.0 Å². The summed E-state index contributed by atoms with van der Waals surface area (Å²) in [5.41, 5.74) is 5.26. The van der Waals surface area contributed by atoms with Gasteiger partial charge >= 0.3 is 12.1 Å². The van der Waals surface area contributed by atoms with Gasteiger partial charge in [-0.3, -0.25) is 9.69 Å². The topological polar surface area (TPSA) is 87.2 Å². The number of benzene rings is 3. The number of carboxylic acid groups (broad SMARTS) is 1. The van der Waals surface area contributed by atoms with Gasteiger partial charge in [0.05, 0.1) is 5.56 Å². The number of halogens is 1. The van der Waals surface area contributed by atoms with Gasteiger partial charge in [0.1, 0.15) is 13.2 Å². The van der Waals surface area contributed by atoms with Crippen LogP contribution in [0.4, 0.5) is 4.79 Å². The highest BCUT2D eigenvalue weighted by Crippen LogP contribution is 2.44. The van der Waals surface area contributed by atoms with Gasteiger partial charge in [-0.1, -0.05) is 64.5 Å². The second-order valence-electron chi connectivity index (χ2n) is 8.65. The van der Waals surface area contributed by atoms with Crippen LogP contribution >= 0.6 is 15.9 Å². The highest BCUT2D eigenvalue weighted by Gasteiger charge is 2.32. The summed E-state index contributed by atoms with van der Waals surface area (Å²) in [5.74, 6) is -1.34. The van der Waals surface area contributed by atoms with Gasteiger partial charge in [-0.05, 0) is 46.0 Å². The van der Waals surface area contributed by atoms with E-state index >= 15 is 0 Å². The molecule has 0 bridgehead atoms. The van der Waals surface area contributed by atoms with Crippen LogP contribution < -0.4 is 0 Å². The van der Waals surface area contributed by atoms with Gasteiger partial charge in [0.25, 0.3) is 0 Å². The van der Waals surface area contributed by atoms with Gasteiger partial charge < -0.3 is 14.7 Å². The number of aromatic carboxylic acids is 1. The fraction of sp³-hybridized carbons (Fsp3) is 0.222. The summed E-state index contributed by atoms with van der Waals surface area (Å²) in [5, 5.41) is 9.45. The number of piperazine rings is 1. The van der Waals surface area contributed by atoms with Gasteiger partial charge in [-0.25, -0.2) is 9.59 Å². The number of nitrogens with zero attached hydrogens (tertiary/aromatic N) is 2. The Kier molecular flexibility index (Phi) is 6.30.